The average molecular weight is 294 g/mol. The van der Waals surface area contributed by atoms with Crippen molar-refractivity contribution in [2.24, 2.45) is 0 Å². The Morgan fingerprint density at radius 1 is 1.10 bits per heavy atom. The van der Waals surface area contributed by atoms with Gasteiger partial charge in [0.05, 0.1) is 6.61 Å². The van der Waals surface area contributed by atoms with Crippen molar-refractivity contribution in [3.8, 4) is 0 Å². The minimum absolute atomic E-state index is 0.0299. The third-order valence-electron chi connectivity index (χ3n) is 4.24. The second-order valence-corrected chi connectivity index (χ2v) is 7.35. The topological polar surface area (TPSA) is 15.7 Å². The zero-order valence-electron chi connectivity index (χ0n) is 14.7. The Labute approximate surface area is 131 Å². The number of hydrogen-bond donors (Lipinski definition) is 0. The molecule has 0 saturated carbocycles. The van der Waals surface area contributed by atoms with Crippen molar-refractivity contribution >= 4 is 0 Å². The van der Waals surface area contributed by atoms with Crippen molar-refractivity contribution in [2.75, 3.05) is 19.7 Å². The molecule has 0 bridgehead atoms. The molecule has 1 saturated heterocycles. The van der Waals surface area contributed by atoms with Crippen LogP contribution in [0.3, 0.4) is 0 Å². The van der Waals surface area contributed by atoms with E-state index in [2.05, 4.69) is 57.7 Å². The van der Waals surface area contributed by atoms with Crippen molar-refractivity contribution in [3.05, 3.63) is 25.3 Å². The maximum absolute atomic E-state index is 6.09. The number of hydroxylamine groups is 2. The molecule has 0 unspecified atom stereocenters. The Morgan fingerprint density at radius 2 is 1.57 bits per heavy atom. The van der Waals surface area contributed by atoms with E-state index in [4.69, 9.17) is 4.84 Å². The van der Waals surface area contributed by atoms with Gasteiger partial charge >= 0.3 is 0 Å². The van der Waals surface area contributed by atoms with Gasteiger partial charge in [-0.15, -0.1) is 13.2 Å². The maximum atomic E-state index is 6.09. The molecule has 0 aromatic carbocycles. The van der Waals surface area contributed by atoms with Gasteiger partial charge in [0.15, 0.2) is 0 Å². The van der Waals surface area contributed by atoms with Crippen molar-refractivity contribution in [3.63, 3.8) is 0 Å². The molecule has 0 aliphatic carbocycles. The number of hydrogen-bond acceptors (Lipinski definition) is 3. The van der Waals surface area contributed by atoms with Gasteiger partial charge in [0, 0.05) is 30.2 Å². The summed E-state index contributed by atoms with van der Waals surface area (Å²) in [6.07, 6.45) is 7.22. The van der Waals surface area contributed by atoms with Gasteiger partial charge in [-0.1, -0.05) is 19.1 Å². The molecule has 0 atom stereocenters. The average Bonchev–Trinajstić information content (AvgIpc) is 2.36. The van der Waals surface area contributed by atoms with Crippen LogP contribution in [-0.2, 0) is 4.84 Å². The van der Waals surface area contributed by atoms with Crippen LogP contribution in [0.2, 0.25) is 0 Å². The summed E-state index contributed by atoms with van der Waals surface area (Å²) in [7, 11) is 0. The fraction of sp³-hybridized carbons (Fsp3) is 0.778. The van der Waals surface area contributed by atoms with E-state index in [-0.39, 0.29) is 11.1 Å². The molecule has 3 heteroatoms. The minimum Gasteiger partial charge on any atom is -0.298 e. The molecule has 0 amide bonds. The highest BCUT2D eigenvalue weighted by Gasteiger charge is 2.47. The molecule has 1 heterocycles. The third-order valence-corrected chi connectivity index (χ3v) is 4.24. The summed E-state index contributed by atoms with van der Waals surface area (Å²) >= 11 is 0. The van der Waals surface area contributed by atoms with Gasteiger partial charge in [-0.3, -0.25) is 9.74 Å². The standard InChI is InChI=1S/C18H34N2O/c1-8-11-19(12-9-2)16-14-17(4,5)20(21-13-10-3)18(6,7)15-16/h8-9,16H,1-2,10-15H2,3-7H3. The minimum atomic E-state index is 0.0299. The number of nitrogens with zero attached hydrogens (tertiary/aromatic N) is 2. The monoisotopic (exact) mass is 294 g/mol. The summed E-state index contributed by atoms with van der Waals surface area (Å²) in [5.74, 6) is 0. The van der Waals surface area contributed by atoms with E-state index in [1.54, 1.807) is 0 Å². The van der Waals surface area contributed by atoms with Gasteiger partial charge in [0.2, 0.25) is 0 Å². The van der Waals surface area contributed by atoms with Crippen LogP contribution in [0, 0.1) is 0 Å². The molecular formula is C18H34N2O. The summed E-state index contributed by atoms with van der Waals surface area (Å²) in [6.45, 7) is 21.7. The summed E-state index contributed by atoms with van der Waals surface area (Å²) in [5, 5.41) is 2.24. The smallest absolute Gasteiger partial charge is 0.0683 e. The van der Waals surface area contributed by atoms with E-state index < -0.39 is 0 Å². The zero-order chi connectivity index (χ0) is 16.1. The first-order chi connectivity index (χ1) is 9.78. The molecule has 1 rings (SSSR count). The Morgan fingerprint density at radius 3 is 1.95 bits per heavy atom. The van der Waals surface area contributed by atoms with Crippen LogP contribution in [0.25, 0.3) is 0 Å². The van der Waals surface area contributed by atoms with Gasteiger partial charge in [-0.05, 0) is 47.0 Å². The fourth-order valence-electron chi connectivity index (χ4n) is 3.71. The Bertz CT molecular complexity index is 321. The molecule has 0 spiro atoms. The molecule has 1 aliphatic rings. The molecule has 1 fully saturated rings. The normalized spacial score (nSPS) is 22.4. The molecule has 1 aliphatic heterocycles. The molecule has 0 N–H and O–H groups in total. The maximum Gasteiger partial charge on any atom is 0.0683 e. The van der Waals surface area contributed by atoms with E-state index in [9.17, 15) is 0 Å². The highest BCUT2D eigenvalue weighted by molar-refractivity contribution is 5.01. The first-order valence-corrected chi connectivity index (χ1v) is 8.17. The second kappa shape index (κ2) is 7.57. The zero-order valence-corrected chi connectivity index (χ0v) is 14.7. The van der Waals surface area contributed by atoms with E-state index >= 15 is 0 Å². The molecule has 3 nitrogen and oxygen atoms in total. The van der Waals surface area contributed by atoms with E-state index in [0.717, 1.165) is 39.0 Å². The largest absolute Gasteiger partial charge is 0.298 e. The lowest BCUT2D eigenvalue weighted by molar-refractivity contribution is -0.287. The lowest BCUT2D eigenvalue weighted by Gasteiger charge is -2.55. The molecule has 21 heavy (non-hydrogen) atoms. The van der Waals surface area contributed by atoms with Crippen LogP contribution < -0.4 is 0 Å². The number of piperidine rings is 1. The van der Waals surface area contributed by atoms with Gasteiger partial charge in [0.25, 0.3) is 0 Å². The summed E-state index contributed by atoms with van der Waals surface area (Å²) in [5.41, 5.74) is 0.0599. The van der Waals surface area contributed by atoms with Crippen molar-refractivity contribution in [1.82, 2.24) is 9.96 Å². The van der Waals surface area contributed by atoms with Crippen molar-refractivity contribution in [2.45, 2.75) is 71.0 Å². The number of rotatable bonds is 8. The molecule has 0 radical (unpaired) electrons. The van der Waals surface area contributed by atoms with Gasteiger partial charge < -0.3 is 0 Å². The highest BCUT2D eigenvalue weighted by Crippen LogP contribution is 2.40. The van der Waals surface area contributed by atoms with Crippen LogP contribution in [0.5, 0.6) is 0 Å². The van der Waals surface area contributed by atoms with E-state index in [1.807, 2.05) is 12.2 Å². The summed E-state index contributed by atoms with van der Waals surface area (Å²) in [6, 6.07) is 0.535. The van der Waals surface area contributed by atoms with Crippen LogP contribution in [-0.4, -0.2) is 46.8 Å². The lowest BCUT2D eigenvalue weighted by atomic mass is 9.78. The summed E-state index contributed by atoms with van der Waals surface area (Å²) < 4.78 is 0. The molecule has 122 valence electrons. The van der Waals surface area contributed by atoms with Gasteiger partial charge in [-0.2, -0.15) is 5.06 Å². The molecule has 0 aromatic rings. The van der Waals surface area contributed by atoms with Crippen molar-refractivity contribution < 1.29 is 4.84 Å². The SMILES string of the molecule is C=CCN(CC=C)C1CC(C)(C)N(OCCC)C(C)(C)C1. The molecular weight excluding hydrogens is 260 g/mol. The van der Waals surface area contributed by atoms with E-state index in [1.165, 1.54) is 0 Å². The van der Waals surface area contributed by atoms with Crippen LogP contribution in [0.15, 0.2) is 25.3 Å². The lowest BCUT2D eigenvalue weighted by Crippen LogP contribution is -2.64. The van der Waals surface area contributed by atoms with Crippen LogP contribution in [0.4, 0.5) is 0 Å². The first kappa shape index (κ1) is 18.4. The molecule has 0 aromatic heterocycles. The Balaban J connectivity index is 2.91. The Hall–Kier alpha value is -0.640. The predicted octanol–water partition coefficient (Wildman–Crippen LogP) is 4.02. The second-order valence-electron chi connectivity index (χ2n) is 7.35. The summed E-state index contributed by atoms with van der Waals surface area (Å²) in [4.78, 5) is 8.56. The highest BCUT2D eigenvalue weighted by atomic mass is 16.7. The van der Waals surface area contributed by atoms with Gasteiger partial charge in [0.1, 0.15) is 0 Å². The third kappa shape index (κ3) is 4.67. The quantitative estimate of drug-likeness (QED) is 0.629. The first-order valence-electron chi connectivity index (χ1n) is 8.17. The fourth-order valence-corrected chi connectivity index (χ4v) is 3.71. The van der Waals surface area contributed by atoms with Gasteiger partial charge in [-0.25, -0.2) is 0 Å². The Kier molecular flexibility index (Phi) is 6.64. The van der Waals surface area contributed by atoms with Crippen molar-refractivity contribution in [1.29, 1.82) is 0 Å². The van der Waals surface area contributed by atoms with E-state index in [0.29, 0.717) is 6.04 Å². The van der Waals surface area contributed by atoms with Crippen LogP contribution >= 0.6 is 0 Å². The van der Waals surface area contributed by atoms with Crippen LogP contribution in [0.1, 0.15) is 53.9 Å². The predicted molar refractivity (Wildman–Crippen MR) is 91.2 cm³/mol.